The van der Waals surface area contributed by atoms with E-state index in [9.17, 15) is 9.59 Å². The van der Waals surface area contributed by atoms with Gasteiger partial charge in [0.2, 0.25) is 17.6 Å². The second-order valence-corrected chi connectivity index (χ2v) is 6.62. The number of nitrogens with one attached hydrogen (secondary N) is 1. The highest BCUT2D eigenvalue weighted by Gasteiger charge is 2.24. The first-order chi connectivity index (χ1) is 12.4. The Hall–Kier alpha value is -2.41. The van der Waals surface area contributed by atoms with Gasteiger partial charge in [0.25, 0.3) is 0 Å². The zero-order chi connectivity index (χ0) is 19.1. The summed E-state index contributed by atoms with van der Waals surface area (Å²) in [4.78, 5) is 28.0. The minimum atomic E-state index is -0.646. The minimum absolute atomic E-state index is 0.0516. The molecule has 1 aromatic carbocycles. The molecule has 1 aromatic heterocycles. The Labute approximate surface area is 157 Å². The molecular weight excluding hydrogens is 358 g/mol. The smallest absolute Gasteiger partial charge is 0.328 e. The van der Waals surface area contributed by atoms with Gasteiger partial charge < -0.3 is 14.6 Å². The van der Waals surface area contributed by atoms with Crippen LogP contribution >= 0.6 is 11.6 Å². The van der Waals surface area contributed by atoms with Gasteiger partial charge in [0.15, 0.2) is 0 Å². The molecule has 1 N–H and O–H groups in total. The maximum absolute atomic E-state index is 12.0. The van der Waals surface area contributed by atoms with Crippen molar-refractivity contribution in [1.82, 2.24) is 15.5 Å². The number of benzene rings is 1. The van der Waals surface area contributed by atoms with Crippen molar-refractivity contribution < 1.29 is 18.8 Å². The topological polar surface area (TPSA) is 94.3 Å². The summed E-state index contributed by atoms with van der Waals surface area (Å²) in [5, 5.41) is 7.26. The first-order valence-corrected chi connectivity index (χ1v) is 8.74. The van der Waals surface area contributed by atoms with Crippen molar-refractivity contribution in [1.29, 1.82) is 0 Å². The van der Waals surface area contributed by atoms with Gasteiger partial charge >= 0.3 is 5.97 Å². The van der Waals surface area contributed by atoms with E-state index in [-0.39, 0.29) is 18.2 Å². The van der Waals surface area contributed by atoms with Gasteiger partial charge in [0.05, 0.1) is 7.11 Å². The van der Waals surface area contributed by atoms with Gasteiger partial charge in [0.1, 0.15) is 6.04 Å². The standard InChI is InChI=1S/C18H22ClN3O4/c1-11(2)16(18(24)25-3)20-14(23)5-4-6-15-21-17(22-26-15)12-7-9-13(19)10-8-12/h7-11,16H,4-6H2,1-3H3,(H,20,23). The van der Waals surface area contributed by atoms with E-state index in [4.69, 9.17) is 20.9 Å². The Balaban J connectivity index is 1.83. The predicted octanol–water partition coefficient (Wildman–Crippen LogP) is 3.03. The number of halogens is 1. The van der Waals surface area contributed by atoms with Crippen LogP contribution in [0.25, 0.3) is 11.4 Å². The van der Waals surface area contributed by atoms with Crippen molar-refractivity contribution in [3.63, 3.8) is 0 Å². The van der Waals surface area contributed by atoms with E-state index in [1.807, 2.05) is 26.0 Å². The zero-order valence-corrected chi connectivity index (χ0v) is 15.7. The van der Waals surface area contributed by atoms with Gasteiger partial charge in [-0.2, -0.15) is 4.98 Å². The highest BCUT2D eigenvalue weighted by atomic mass is 35.5. The van der Waals surface area contributed by atoms with E-state index < -0.39 is 12.0 Å². The van der Waals surface area contributed by atoms with Gasteiger partial charge in [-0.3, -0.25) is 4.79 Å². The van der Waals surface area contributed by atoms with E-state index in [1.165, 1.54) is 7.11 Å². The van der Waals surface area contributed by atoms with Crippen LogP contribution in [0.5, 0.6) is 0 Å². The third-order valence-electron chi connectivity index (χ3n) is 3.80. The largest absolute Gasteiger partial charge is 0.467 e. The Bertz CT molecular complexity index is 743. The maximum atomic E-state index is 12.0. The molecule has 0 aliphatic heterocycles. The maximum Gasteiger partial charge on any atom is 0.328 e. The number of nitrogens with zero attached hydrogens (tertiary/aromatic N) is 2. The summed E-state index contributed by atoms with van der Waals surface area (Å²) in [6.07, 6.45) is 1.25. The number of methoxy groups -OCH3 is 1. The number of hydrogen-bond acceptors (Lipinski definition) is 6. The molecule has 0 spiro atoms. The molecule has 1 heterocycles. The SMILES string of the molecule is COC(=O)C(NC(=O)CCCc1nc(-c2ccc(Cl)cc2)no1)C(C)C. The fraction of sp³-hybridized carbons (Fsp3) is 0.444. The lowest BCUT2D eigenvalue weighted by Gasteiger charge is -2.19. The number of aryl methyl sites for hydroxylation is 1. The van der Waals surface area contributed by atoms with Crippen LogP contribution in [0.3, 0.4) is 0 Å². The van der Waals surface area contributed by atoms with Crippen molar-refractivity contribution in [2.24, 2.45) is 5.92 Å². The van der Waals surface area contributed by atoms with Gasteiger partial charge in [-0.15, -0.1) is 0 Å². The second kappa shape index (κ2) is 9.33. The molecule has 0 bridgehead atoms. The van der Waals surface area contributed by atoms with Crippen LogP contribution in [-0.2, 0) is 20.7 Å². The van der Waals surface area contributed by atoms with E-state index in [2.05, 4.69) is 15.5 Å². The average molecular weight is 380 g/mol. The lowest BCUT2D eigenvalue weighted by Crippen LogP contribution is -2.44. The number of amides is 1. The fourth-order valence-corrected chi connectivity index (χ4v) is 2.47. The van der Waals surface area contributed by atoms with Crippen LogP contribution in [0.2, 0.25) is 5.02 Å². The Morgan fingerprint density at radius 3 is 2.58 bits per heavy atom. The molecule has 7 nitrogen and oxygen atoms in total. The molecule has 0 saturated heterocycles. The Morgan fingerprint density at radius 2 is 1.96 bits per heavy atom. The van der Waals surface area contributed by atoms with Crippen molar-refractivity contribution in [3.05, 3.63) is 35.2 Å². The summed E-state index contributed by atoms with van der Waals surface area (Å²) < 4.78 is 9.91. The summed E-state index contributed by atoms with van der Waals surface area (Å²) in [5.41, 5.74) is 0.806. The predicted molar refractivity (Wildman–Crippen MR) is 96.5 cm³/mol. The Morgan fingerprint density at radius 1 is 1.27 bits per heavy atom. The number of hydrogen-bond donors (Lipinski definition) is 1. The van der Waals surface area contributed by atoms with E-state index in [0.29, 0.717) is 29.6 Å². The molecule has 2 rings (SSSR count). The van der Waals surface area contributed by atoms with E-state index in [1.54, 1.807) is 12.1 Å². The molecule has 26 heavy (non-hydrogen) atoms. The summed E-state index contributed by atoms with van der Waals surface area (Å²) >= 11 is 5.86. The van der Waals surface area contributed by atoms with Crippen molar-refractivity contribution in [2.75, 3.05) is 7.11 Å². The third kappa shape index (κ3) is 5.56. The first-order valence-electron chi connectivity index (χ1n) is 8.36. The van der Waals surface area contributed by atoms with E-state index >= 15 is 0 Å². The van der Waals surface area contributed by atoms with Gasteiger partial charge in [-0.05, 0) is 36.6 Å². The highest BCUT2D eigenvalue weighted by molar-refractivity contribution is 6.30. The zero-order valence-electron chi connectivity index (χ0n) is 15.0. The minimum Gasteiger partial charge on any atom is -0.467 e. The number of carbonyl (C=O) groups is 2. The summed E-state index contributed by atoms with van der Waals surface area (Å²) in [6.45, 7) is 3.69. The number of ether oxygens (including phenoxy) is 1. The van der Waals surface area contributed by atoms with Crippen LogP contribution in [0.4, 0.5) is 0 Å². The van der Waals surface area contributed by atoms with Gasteiger partial charge in [-0.1, -0.05) is 30.6 Å². The second-order valence-electron chi connectivity index (χ2n) is 6.18. The molecule has 0 fully saturated rings. The molecule has 0 saturated carbocycles. The van der Waals surface area contributed by atoms with Crippen LogP contribution in [0.15, 0.2) is 28.8 Å². The van der Waals surface area contributed by atoms with Crippen LogP contribution in [0.1, 0.15) is 32.6 Å². The number of aromatic nitrogens is 2. The first kappa shape index (κ1) is 19.9. The van der Waals surface area contributed by atoms with Gasteiger partial charge in [0, 0.05) is 23.4 Å². The fourth-order valence-electron chi connectivity index (χ4n) is 2.34. The molecule has 0 aliphatic carbocycles. The number of rotatable bonds is 8. The molecule has 1 atom stereocenters. The molecular formula is C18H22ClN3O4. The van der Waals surface area contributed by atoms with Crippen molar-refractivity contribution in [2.45, 2.75) is 39.2 Å². The molecule has 8 heteroatoms. The monoisotopic (exact) mass is 379 g/mol. The summed E-state index contributed by atoms with van der Waals surface area (Å²) in [5.74, 6) is 0.219. The van der Waals surface area contributed by atoms with Crippen LogP contribution in [0, 0.1) is 5.92 Å². The van der Waals surface area contributed by atoms with Crippen LogP contribution in [-0.4, -0.2) is 35.2 Å². The lowest BCUT2D eigenvalue weighted by molar-refractivity contribution is -0.146. The average Bonchev–Trinajstić information content (AvgIpc) is 3.08. The molecule has 2 aromatic rings. The molecule has 0 aliphatic rings. The summed E-state index contributed by atoms with van der Waals surface area (Å²) in [6, 6.07) is 6.48. The highest BCUT2D eigenvalue weighted by Crippen LogP contribution is 2.19. The van der Waals surface area contributed by atoms with Crippen molar-refractivity contribution >= 4 is 23.5 Å². The molecule has 1 amide bonds. The molecule has 0 radical (unpaired) electrons. The Kier molecular flexibility index (Phi) is 7.15. The number of esters is 1. The normalized spacial score (nSPS) is 12.0. The van der Waals surface area contributed by atoms with Crippen LogP contribution < -0.4 is 5.32 Å². The van der Waals surface area contributed by atoms with E-state index in [0.717, 1.165) is 5.56 Å². The molecule has 1 unspecified atom stereocenters. The third-order valence-corrected chi connectivity index (χ3v) is 4.06. The quantitative estimate of drug-likeness (QED) is 0.708. The molecule has 140 valence electrons. The lowest BCUT2D eigenvalue weighted by atomic mass is 10.0. The summed E-state index contributed by atoms with van der Waals surface area (Å²) in [7, 11) is 1.30. The van der Waals surface area contributed by atoms with Crippen molar-refractivity contribution in [3.8, 4) is 11.4 Å². The van der Waals surface area contributed by atoms with Gasteiger partial charge in [-0.25, -0.2) is 4.79 Å². The number of carbonyl (C=O) groups excluding carboxylic acids is 2.